The van der Waals surface area contributed by atoms with Crippen LogP contribution in [0.15, 0.2) is 24.3 Å². The van der Waals surface area contributed by atoms with Gasteiger partial charge in [-0.2, -0.15) is 0 Å². The average Bonchev–Trinajstić information content (AvgIpc) is 2.30. The summed E-state index contributed by atoms with van der Waals surface area (Å²) in [4.78, 5) is 22.4. The zero-order chi connectivity index (χ0) is 11.5. The lowest BCUT2D eigenvalue weighted by atomic mass is 9.90. The third-order valence-corrected chi connectivity index (χ3v) is 2.82. The molecular formula is C12H13NO3. The summed E-state index contributed by atoms with van der Waals surface area (Å²) in [6, 6.07) is 6.60. The molecule has 1 saturated heterocycles. The maximum absolute atomic E-state index is 11.6. The summed E-state index contributed by atoms with van der Waals surface area (Å²) in [5.41, 5.74) is 1.02. The first kappa shape index (κ1) is 10.7. The molecule has 2 rings (SSSR count). The van der Waals surface area contributed by atoms with Gasteiger partial charge in [0.2, 0.25) is 5.91 Å². The molecule has 0 spiro atoms. The maximum Gasteiger partial charge on any atom is 0.335 e. The molecule has 1 atom stereocenters. The van der Waals surface area contributed by atoms with Gasteiger partial charge < -0.3 is 10.4 Å². The molecule has 1 aromatic carbocycles. The minimum absolute atomic E-state index is 0.00575. The van der Waals surface area contributed by atoms with E-state index in [1.807, 2.05) is 6.07 Å². The predicted octanol–water partition coefficient (Wildman–Crippen LogP) is 1.38. The van der Waals surface area contributed by atoms with Crippen LogP contribution in [-0.4, -0.2) is 23.5 Å². The Morgan fingerprint density at radius 1 is 1.44 bits per heavy atom. The number of carbonyl (C=O) groups excluding carboxylic acids is 1. The molecule has 1 fully saturated rings. The Morgan fingerprint density at radius 2 is 2.25 bits per heavy atom. The third-order valence-electron chi connectivity index (χ3n) is 2.82. The fourth-order valence-electron chi connectivity index (χ4n) is 1.98. The van der Waals surface area contributed by atoms with Crippen molar-refractivity contribution in [2.24, 2.45) is 0 Å². The lowest BCUT2D eigenvalue weighted by Gasteiger charge is -2.22. The Hall–Kier alpha value is -1.84. The van der Waals surface area contributed by atoms with E-state index in [2.05, 4.69) is 5.32 Å². The van der Waals surface area contributed by atoms with Crippen molar-refractivity contribution in [3.63, 3.8) is 0 Å². The molecule has 1 amide bonds. The van der Waals surface area contributed by atoms with Crippen LogP contribution in [0.3, 0.4) is 0 Å². The topological polar surface area (TPSA) is 66.4 Å². The van der Waals surface area contributed by atoms with Crippen molar-refractivity contribution in [1.29, 1.82) is 0 Å². The fourth-order valence-corrected chi connectivity index (χ4v) is 1.98. The summed E-state index contributed by atoms with van der Waals surface area (Å²) in [5.74, 6) is -1.17. The van der Waals surface area contributed by atoms with Crippen LogP contribution in [0.5, 0.6) is 0 Å². The number of benzene rings is 1. The van der Waals surface area contributed by atoms with Gasteiger partial charge in [0, 0.05) is 6.54 Å². The largest absolute Gasteiger partial charge is 0.478 e. The summed E-state index contributed by atoms with van der Waals surface area (Å²) in [7, 11) is 0. The van der Waals surface area contributed by atoms with Gasteiger partial charge in [-0.05, 0) is 30.5 Å². The first-order valence-electron chi connectivity index (χ1n) is 5.29. The number of hydrogen-bond donors (Lipinski definition) is 2. The van der Waals surface area contributed by atoms with Crippen molar-refractivity contribution < 1.29 is 14.7 Å². The highest BCUT2D eigenvalue weighted by Gasteiger charge is 2.24. The second-order valence-electron chi connectivity index (χ2n) is 3.92. The van der Waals surface area contributed by atoms with Crippen LogP contribution >= 0.6 is 0 Å². The quantitative estimate of drug-likeness (QED) is 0.789. The number of carboxylic acid groups (broad SMARTS) is 1. The maximum atomic E-state index is 11.6. The van der Waals surface area contributed by atoms with E-state index in [4.69, 9.17) is 5.11 Å². The van der Waals surface area contributed by atoms with Crippen LogP contribution in [0, 0.1) is 0 Å². The molecule has 84 valence electrons. The lowest BCUT2D eigenvalue weighted by Crippen LogP contribution is -2.35. The Bertz CT molecular complexity index is 428. The molecule has 1 heterocycles. The number of hydrogen-bond acceptors (Lipinski definition) is 2. The van der Waals surface area contributed by atoms with Crippen molar-refractivity contribution in [2.45, 2.75) is 18.8 Å². The summed E-state index contributed by atoms with van der Waals surface area (Å²) >= 11 is 0. The average molecular weight is 219 g/mol. The summed E-state index contributed by atoms with van der Waals surface area (Å²) in [5, 5.41) is 11.7. The molecule has 1 unspecified atom stereocenters. The summed E-state index contributed by atoms with van der Waals surface area (Å²) in [6.07, 6.45) is 1.72. The van der Waals surface area contributed by atoms with E-state index in [1.165, 1.54) is 6.07 Å². The Balaban J connectivity index is 2.28. The molecule has 1 aliphatic heterocycles. The molecule has 0 saturated carbocycles. The van der Waals surface area contributed by atoms with Gasteiger partial charge in [-0.15, -0.1) is 0 Å². The zero-order valence-electron chi connectivity index (χ0n) is 8.77. The van der Waals surface area contributed by atoms with Crippen molar-refractivity contribution in [3.05, 3.63) is 35.4 Å². The first-order chi connectivity index (χ1) is 7.68. The number of carboxylic acids is 1. The van der Waals surface area contributed by atoms with E-state index in [-0.39, 0.29) is 17.4 Å². The minimum Gasteiger partial charge on any atom is -0.478 e. The van der Waals surface area contributed by atoms with Gasteiger partial charge in [0.25, 0.3) is 0 Å². The normalized spacial score (nSPS) is 20.2. The van der Waals surface area contributed by atoms with Gasteiger partial charge >= 0.3 is 5.97 Å². The smallest absolute Gasteiger partial charge is 0.335 e. The fraction of sp³-hybridized carbons (Fsp3) is 0.333. The molecule has 16 heavy (non-hydrogen) atoms. The van der Waals surface area contributed by atoms with Gasteiger partial charge in [0.15, 0.2) is 0 Å². The molecule has 0 aliphatic carbocycles. The molecule has 0 bridgehead atoms. The van der Waals surface area contributed by atoms with Crippen LogP contribution in [0.4, 0.5) is 0 Å². The van der Waals surface area contributed by atoms with E-state index < -0.39 is 5.97 Å². The van der Waals surface area contributed by atoms with Crippen LogP contribution in [0.25, 0.3) is 0 Å². The van der Waals surface area contributed by atoms with E-state index in [9.17, 15) is 9.59 Å². The summed E-state index contributed by atoms with van der Waals surface area (Å²) < 4.78 is 0. The van der Waals surface area contributed by atoms with Gasteiger partial charge in [-0.25, -0.2) is 4.79 Å². The lowest BCUT2D eigenvalue weighted by molar-refractivity contribution is -0.123. The monoisotopic (exact) mass is 219 g/mol. The molecule has 0 aromatic heterocycles. The minimum atomic E-state index is -0.960. The van der Waals surface area contributed by atoms with Crippen LogP contribution < -0.4 is 5.32 Å². The summed E-state index contributed by atoms with van der Waals surface area (Å²) in [6.45, 7) is 0.716. The van der Waals surface area contributed by atoms with E-state index >= 15 is 0 Å². The van der Waals surface area contributed by atoms with Crippen molar-refractivity contribution >= 4 is 11.9 Å². The van der Waals surface area contributed by atoms with Gasteiger partial charge in [0.1, 0.15) is 0 Å². The highest BCUT2D eigenvalue weighted by molar-refractivity contribution is 5.89. The van der Waals surface area contributed by atoms with Gasteiger partial charge in [-0.3, -0.25) is 4.79 Å². The number of carbonyl (C=O) groups is 2. The van der Waals surface area contributed by atoms with Crippen LogP contribution in [0.1, 0.15) is 34.7 Å². The van der Waals surface area contributed by atoms with Crippen LogP contribution in [0.2, 0.25) is 0 Å². The van der Waals surface area contributed by atoms with Gasteiger partial charge in [0.05, 0.1) is 11.5 Å². The molecule has 1 aliphatic rings. The number of rotatable bonds is 2. The Labute approximate surface area is 93.3 Å². The standard InChI is InChI=1S/C12H13NO3/c14-11-10(5-2-6-13-11)8-3-1-4-9(7-8)12(15)16/h1,3-4,7,10H,2,5-6H2,(H,13,14)(H,15,16). The second-order valence-corrected chi connectivity index (χ2v) is 3.92. The van der Waals surface area contributed by atoms with E-state index in [0.29, 0.717) is 6.54 Å². The number of nitrogens with one attached hydrogen (secondary N) is 1. The van der Waals surface area contributed by atoms with E-state index in [1.54, 1.807) is 12.1 Å². The molecule has 2 N–H and O–H groups in total. The second kappa shape index (κ2) is 4.35. The molecule has 4 nitrogen and oxygen atoms in total. The molecule has 1 aromatic rings. The SMILES string of the molecule is O=C(O)c1cccc(C2CCCNC2=O)c1. The Morgan fingerprint density at radius 3 is 2.94 bits per heavy atom. The highest BCUT2D eigenvalue weighted by Crippen LogP contribution is 2.24. The Kier molecular flexibility index (Phi) is 2.90. The molecule has 4 heteroatoms. The van der Waals surface area contributed by atoms with Crippen LogP contribution in [-0.2, 0) is 4.79 Å². The molecule has 0 radical (unpaired) electrons. The third kappa shape index (κ3) is 2.05. The first-order valence-corrected chi connectivity index (χ1v) is 5.29. The number of amides is 1. The van der Waals surface area contributed by atoms with Crippen molar-refractivity contribution in [3.8, 4) is 0 Å². The molecular weight excluding hydrogens is 206 g/mol. The zero-order valence-corrected chi connectivity index (χ0v) is 8.77. The number of piperidine rings is 1. The number of aromatic carboxylic acids is 1. The predicted molar refractivity (Wildman–Crippen MR) is 58.4 cm³/mol. The van der Waals surface area contributed by atoms with E-state index in [0.717, 1.165) is 18.4 Å². The van der Waals surface area contributed by atoms with Crippen molar-refractivity contribution in [2.75, 3.05) is 6.54 Å². The van der Waals surface area contributed by atoms with Crippen molar-refractivity contribution in [1.82, 2.24) is 5.32 Å². The highest BCUT2D eigenvalue weighted by atomic mass is 16.4. The van der Waals surface area contributed by atoms with Gasteiger partial charge in [-0.1, -0.05) is 12.1 Å².